The Balaban J connectivity index is 1.67. The van der Waals surface area contributed by atoms with E-state index in [1.807, 2.05) is 32.0 Å². The van der Waals surface area contributed by atoms with Crippen molar-refractivity contribution >= 4 is 25.1 Å². The lowest BCUT2D eigenvalue weighted by molar-refractivity contribution is 0.612. The number of nitrogens with zero attached hydrogens (tertiary/aromatic N) is 4. The van der Waals surface area contributed by atoms with E-state index in [2.05, 4.69) is 74.4 Å². The van der Waals surface area contributed by atoms with Gasteiger partial charge < -0.3 is 14.1 Å². The number of hydrogen-bond acceptors (Lipinski definition) is 3. The van der Waals surface area contributed by atoms with Gasteiger partial charge in [0.15, 0.2) is 8.24 Å². The summed E-state index contributed by atoms with van der Waals surface area (Å²) in [6.07, 6.45) is 5.71. The van der Waals surface area contributed by atoms with Gasteiger partial charge in [0.1, 0.15) is 23.1 Å². The summed E-state index contributed by atoms with van der Waals surface area (Å²) >= 11 is 0. The molecule has 5 nitrogen and oxygen atoms in total. The van der Waals surface area contributed by atoms with Crippen LogP contribution in [0.25, 0.3) is 16.7 Å². The number of nitrogens with one attached hydrogen (secondary N) is 1. The molecule has 0 spiro atoms. The average molecular weight is 492 g/mol. The van der Waals surface area contributed by atoms with Crippen molar-refractivity contribution < 1.29 is 4.39 Å². The van der Waals surface area contributed by atoms with Crippen LogP contribution in [0.1, 0.15) is 65.9 Å². The van der Waals surface area contributed by atoms with E-state index in [1.165, 1.54) is 0 Å². The predicted molar refractivity (Wildman–Crippen MR) is 146 cm³/mol. The highest BCUT2D eigenvalue weighted by atomic mass is 28.3. The van der Waals surface area contributed by atoms with Gasteiger partial charge >= 0.3 is 0 Å². The molecule has 0 aliphatic carbocycles. The van der Waals surface area contributed by atoms with Crippen molar-refractivity contribution in [1.29, 1.82) is 0 Å². The Bertz CT molecular complexity index is 1300. The van der Waals surface area contributed by atoms with Crippen LogP contribution in [0, 0.1) is 12.7 Å². The van der Waals surface area contributed by atoms with E-state index in [-0.39, 0.29) is 11.9 Å². The molecule has 0 amide bonds. The lowest BCUT2D eigenvalue weighted by atomic mass is 10.1. The number of aromatic nitrogens is 4. The number of halogens is 1. The highest BCUT2D eigenvalue weighted by molar-refractivity contribution is 6.82. The molecular weight excluding hydrogens is 453 g/mol. The second-order valence-electron chi connectivity index (χ2n) is 10.6. The molecule has 0 saturated carbocycles. The third-order valence-electron chi connectivity index (χ3n) is 7.65. The van der Waals surface area contributed by atoms with Crippen molar-refractivity contribution in [3.05, 3.63) is 72.2 Å². The van der Waals surface area contributed by atoms with Crippen LogP contribution >= 0.6 is 0 Å². The Labute approximate surface area is 209 Å². The van der Waals surface area contributed by atoms with E-state index in [4.69, 9.17) is 4.98 Å². The molecule has 0 fully saturated rings. The predicted octanol–water partition coefficient (Wildman–Crippen LogP) is 7.87. The lowest BCUT2D eigenvalue weighted by Crippen LogP contribution is -2.51. The zero-order chi connectivity index (χ0) is 25.5. The molecule has 4 aromatic rings. The second-order valence-corrected chi connectivity index (χ2v) is 16.3. The number of fused-ring (bicyclic) bond motifs is 1. The first-order valence-corrected chi connectivity index (χ1v) is 14.8. The van der Waals surface area contributed by atoms with Crippen LogP contribution in [0.15, 0.2) is 55.0 Å². The van der Waals surface area contributed by atoms with Gasteiger partial charge in [-0.3, -0.25) is 0 Å². The van der Waals surface area contributed by atoms with Crippen molar-refractivity contribution in [2.45, 2.75) is 78.1 Å². The molecule has 186 valence electrons. The van der Waals surface area contributed by atoms with E-state index >= 15 is 0 Å². The zero-order valence-corrected chi connectivity index (χ0v) is 23.2. The summed E-state index contributed by atoms with van der Waals surface area (Å²) in [5.41, 5.74) is 4.16. The minimum Gasteiger partial charge on any atom is -0.363 e. The SMILES string of the molecule is Cc1nccn1-c1ccc(C(C)Nc2ccc3ccn([Si](C(C)C)(C(C)C)C(C)C)c3n2)cc1F. The highest BCUT2D eigenvalue weighted by Crippen LogP contribution is 2.44. The Kier molecular flexibility index (Phi) is 6.91. The Hall–Kier alpha value is -2.93. The minimum absolute atomic E-state index is 0.0990. The summed E-state index contributed by atoms with van der Waals surface area (Å²) in [5, 5.41) is 4.66. The molecule has 0 aliphatic rings. The first kappa shape index (κ1) is 25.2. The number of anilines is 1. The fourth-order valence-corrected chi connectivity index (χ4v) is 12.7. The molecule has 3 aromatic heterocycles. The third kappa shape index (κ3) is 4.31. The Morgan fingerprint density at radius 2 is 1.57 bits per heavy atom. The van der Waals surface area contributed by atoms with Crippen LogP contribution in [0.5, 0.6) is 0 Å². The molecule has 3 heterocycles. The van der Waals surface area contributed by atoms with Crippen LogP contribution in [-0.4, -0.2) is 27.0 Å². The van der Waals surface area contributed by atoms with Crippen molar-refractivity contribution in [3.63, 3.8) is 0 Å². The molecule has 1 atom stereocenters. The van der Waals surface area contributed by atoms with Crippen molar-refractivity contribution in [2.75, 3.05) is 5.32 Å². The van der Waals surface area contributed by atoms with Crippen LogP contribution in [0.2, 0.25) is 16.6 Å². The van der Waals surface area contributed by atoms with E-state index < -0.39 is 8.24 Å². The monoisotopic (exact) mass is 491 g/mol. The van der Waals surface area contributed by atoms with Crippen molar-refractivity contribution in [1.82, 2.24) is 18.8 Å². The van der Waals surface area contributed by atoms with Crippen LogP contribution in [-0.2, 0) is 0 Å². The highest BCUT2D eigenvalue weighted by Gasteiger charge is 2.46. The van der Waals surface area contributed by atoms with E-state index in [0.29, 0.717) is 22.3 Å². The van der Waals surface area contributed by atoms with E-state index in [9.17, 15) is 4.39 Å². The van der Waals surface area contributed by atoms with Gasteiger partial charge in [0.05, 0.1) is 11.7 Å². The quantitative estimate of drug-likeness (QED) is 0.255. The van der Waals surface area contributed by atoms with Gasteiger partial charge in [-0.15, -0.1) is 0 Å². The normalized spacial score (nSPS) is 13.4. The summed E-state index contributed by atoms with van der Waals surface area (Å²) < 4.78 is 19.3. The van der Waals surface area contributed by atoms with Crippen molar-refractivity contribution in [2.24, 2.45) is 0 Å². The van der Waals surface area contributed by atoms with Gasteiger partial charge in [-0.2, -0.15) is 0 Å². The standard InChI is InChI=1S/C28H38FN5Si/c1-18(2)35(19(3)4,20(5)6)34-15-13-23-10-12-27(32-28(23)34)31-21(7)24-9-11-26(25(29)17-24)33-16-14-30-22(33)8/h9-21H,1-8H3,(H,31,32). The maximum absolute atomic E-state index is 15.0. The minimum atomic E-state index is -1.92. The summed E-state index contributed by atoms with van der Waals surface area (Å²) in [6, 6.07) is 11.6. The molecule has 35 heavy (non-hydrogen) atoms. The van der Waals surface area contributed by atoms with Gasteiger partial charge in [-0.05, 0) is 72.6 Å². The molecule has 0 aliphatic heterocycles. The number of pyridine rings is 1. The summed E-state index contributed by atoms with van der Waals surface area (Å²) in [7, 11) is -1.92. The van der Waals surface area contributed by atoms with Crippen LogP contribution in [0.3, 0.4) is 0 Å². The molecule has 1 N–H and O–H groups in total. The topological polar surface area (TPSA) is 47.7 Å². The molecule has 0 radical (unpaired) electrons. The number of imidazole rings is 1. The van der Waals surface area contributed by atoms with Crippen molar-refractivity contribution in [3.8, 4) is 5.69 Å². The Morgan fingerprint density at radius 1 is 0.886 bits per heavy atom. The van der Waals surface area contributed by atoms with Gasteiger partial charge in [0.25, 0.3) is 0 Å². The van der Waals surface area contributed by atoms with Gasteiger partial charge in [-0.25, -0.2) is 14.4 Å². The van der Waals surface area contributed by atoms with Gasteiger partial charge in [-0.1, -0.05) is 47.6 Å². The number of aryl methyl sites for hydroxylation is 1. The lowest BCUT2D eigenvalue weighted by Gasteiger charge is -2.44. The molecule has 0 saturated heterocycles. The maximum Gasteiger partial charge on any atom is 0.171 e. The number of benzene rings is 1. The molecule has 0 bridgehead atoms. The van der Waals surface area contributed by atoms with Crippen LogP contribution in [0.4, 0.5) is 10.2 Å². The fraction of sp³-hybridized carbons (Fsp3) is 0.429. The van der Waals surface area contributed by atoms with Crippen LogP contribution < -0.4 is 5.32 Å². The largest absolute Gasteiger partial charge is 0.363 e. The molecule has 7 heteroatoms. The third-order valence-corrected chi connectivity index (χ3v) is 14.4. The molecule has 4 rings (SSSR count). The van der Waals surface area contributed by atoms with E-state index in [1.54, 1.807) is 23.0 Å². The maximum atomic E-state index is 15.0. The Morgan fingerprint density at radius 3 is 2.14 bits per heavy atom. The molecule has 1 unspecified atom stereocenters. The number of hydrogen-bond donors (Lipinski definition) is 1. The summed E-state index contributed by atoms with van der Waals surface area (Å²) in [4.78, 5) is 9.29. The fourth-order valence-electron chi connectivity index (χ4n) is 6.16. The first-order valence-electron chi connectivity index (χ1n) is 12.6. The average Bonchev–Trinajstić information content (AvgIpc) is 3.40. The van der Waals surface area contributed by atoms with Gasteiger partial charge in [0, 0.05) is 17.8 Å². The molecule has 1 aromatic carbocycles. The summed E-state index contributed by atoms with van der Waals surface area (Å²) in [5.74, 6) is 1.29. The zero-order valence-electron chi connectivity index (χ0n) is 22.2. The second kappa shape index (κ2) is 9.61. The molecular formula is C28H38FN5Si. The van der Waals surface area contributed by atoms with Gasteiger partial charge in [0.2, 0.25) is 0 Å². The summed E-state index contributed by atoms with van der Waals surface area (Å²) in [6.45, 7) is 18.1. The van der Waals surface area contributed by atoms with E-state index in [0.717, 1.165) is 28.2 Å². The first-order chi connectivity index (χ1) is 16.6. The number of rotatable bonds is 8. The smallest absolute Gasteiger partial charge is 0.171 e.